The third-order valence-electron chi connectivity index (χ3n) is 5.30. The van der Waals surface area contributed by atoms with Crippen LogP contribution < -0.4 is 10.1 Å². The molecule has 1 saturated heterocycles. The average molecular weight is 398 g/mol. The van der Waals surface area contributed by atoms with E-state index in [0.29, 0.717) is 32.5 Å². The highest BCUT2D eigenvalue weighted by Gasteiger charge is 2.39. The molecule has 1 fully saturated rings. The van der Waals surface area contributed by atoms with E-state index in [1.54, 1.807) is 17.0 Å². The van der Waals surface area contributed by atoms with E-state index >= 15 is 0 Å². The lowest BCUT2D eigenvalue weighted by Gasteiger charge is -2.40. The molecule has 0 saturated carbocycles. The zero-order valence-corrected chi connectivity index (χ0v) is 16.9. The van der Waals surface area contributed by atoms with Gasteiger partial charge in [0.05, 0.1) is 18.6 Å². The second-order valence-corrected chi connectivity index (χ2v) is 7.12. The summed E-state index contributed by atoms with van der Waals surface area (Å²) in [6.45, 7) is 5.30. The molecule has 0 aromatic heterocycles. The third kappa shape index (κ3) is 4.94. The smallest absolute Gasteiger partial charge is 0.225 e. The fraction of sp³-hybridized carbons (Fsp3) is 0.391. The minimum atomic E-state index is -0.342. The minimum absolute atomic E-state index is 0.0639. The maximum absolute atomic E-state index is 13.1. The topological polar surface area (TPSA) is 58.6 Å². The van der Waals surface area contributed by atoms with Crippen molar-refractivity contribution in [3.05, 3.63) is 65.5 Å². The SMILES string of the molecule is CCOc1ccc([C@H]2[C@H](C(=O)NCc3ccc(F)cc3)CCC(=O)N2CC)cc1. The van der Waals surface area contributed by atoms with Crippen molar-refractivity contribution in [2.75, 3.05) is 13.2 Å². The van der Waals surface area contributed by atoms with Crippen molar-refractivity contribution in [1.82, 2.24) is 10.2 Å². The zero-order chi connectivity index (χ0) is 20.8. The Kier molecular flexibility index (Phi) is 6.86. The molecule has 0 radical (unpaired) electrons. The second kappa shape index (κ2) is 9.54. The first-order valence-corrected chi connectivity index (χ1v) is 10.1. The minimum Gasteiger partial charge on any atom is -0.494 e. The molecule has 3 rings (SSSR count). The van der Waals surface area contributed by atoms with Gasteiger partial charge in [-0.25, -0.2) is 4.39 Å². The van der Waals surface area contributed by atoms with Crippen molar-refractivity contribution in [1.29, 1.82) is 0 Å². The molecule has 0 aliphatic carbocycles. The lowest BCUT2D eigenvalue weighted by atomic mass is 9.83. The molecule has 1 N–H and O–H groups in total. The van der Waals surface area contributed by atoms with E-state index in [1.807, 2.05) is 38.1 Å². The first-order valence-electron chi connectivity index (χ1n) is 10.1. The van der Waals surface area contributed by atoms with Crippen LogP contribution in [-0.4, -0.2) is 29.9 Å². The monoisotopic (exact) mass is 398 g/mol. The zero-order valence-electron chi connectivity index (χ0n) is 16.9. The van der Waals surface area contributed by atoms with Crippen molar-refractivity contribution < 1.29 is 18.7 Å². The Bertz CT molecular complexity index is 836. The van der Waals surface area contributed by atoms with Gasteiger partial charge in [0.15, 0.2) is 0 Å². The lowest BCUT2D eigenvalue weighted by Crippen LogP contribution is -2.47. The van der Waals surface area contributed by atoms with E-state index in [9.17, 15) is 14.0 Å². The largest absolute Gasteiger partial charge is 0.494 e. The maximum atomic E-state index is 13.1. The highest BCUT2D eigenvalue weighted by atomic mass is 19.1. The Morgan fingerprint density at radius 2 is 1.83 bits per heavy atom. The van der Waals surface area contributed by atoms with Crippen LogP contribution in [0.5, 0.6) is 5.75 Å². The van der Waals surface area contributed by atoms with Gasteiger partial charge in [0.2, 0.25) is 11.8 Å². The summed E-state index contributed by atoms with van der Waals surface area (Å²) >= 11 is 0. The molecule has 6 heteroatoms. The number of hydrogen-bond donors (Lipinski definition) is 1. The second-order valence-electron chi connectivity index (χ2n) is 7.12. The molecular formula is C23H27FN2O3. The van der Waals surface area contributed by atoms with Crippen LogP contribution in [0.2, 0.25) is 0 Å². The maximum Gasteiger partial charge on any atom is 0.225 e. The molecule has 29 heavy (non-hydrogen) atoms. The van der Waals surface area contributed by atoms with Gasteiger partial charge in [-0.2, -0.15) is 0 Å². The van der Waals surface area contributed by atoms with Gasteiger partial charge in [0, 0.05) is 19.5 Å². The fourth-order valence-electron chi connectivity index (χ4n) is 3.86. The van der Waals surface area contributed by atoms with Crippen molar-refractivity contribution in [3.63, 3.8) is 0 Å². The number of rotatable bonds is 7. The molecule has 1 aliphatic heterocycles. The number of carbonyl (C=O) groups excluding carboxylic acids is 2. The molecular weight excluding hydrogens is 371 g/mol. The molecule has 2 aromatic rings. The molecule has 2 atom stereocenters. The van der Waals surface area contributed by atoms with E-state index in [-0.39, 0.29) is 29.6 Å². The molecule has 5 nitrogen and oxygen atoms in total. The summed E-state index contributed by atoms with van der Waals surface area (Å²) < 4.78 is 18.6. The summed E-state index contributed by atoms with van der Waals surface area (Å²) in [4.78, 5) is 27.3. The summed E-state index contributed by atoms with van der Waals surface area (Å²) in [5.41, 5.74) is 1.75. The Balaban J connectivity index is 1.79. The van der Waals surface area contributed by atoms with Crippen LogP contribution in [0.1, 0.15) is 43.9 Å². The predicted molar refractivity (Wildman–Crippen MR) is 109 cm³/mol. The first-order chi connectivity index (χ1) is 14.0. The van der Waals surface area contributed by atoms with Crippen LogP contribution in [0.15, 0.2) is 48.5 Å². The van der Waals surface area contributed by atoms with Gasteiger partial charge in [0.1, 0.15) is 11.6 Å². The molecule has 0 spiro atoms. The van der Waals surface area contributed by atoms with Gasteiger partial charge in [-0.05, 0) is 55.7 Å². The highest BCUT2D eigenvalue weighted by Crippen LogP contribution is 2.37. The van der Waals surface area contributed by atoms with Crippen LogP contribution in [0.4, 0.5) is 4.39 Å². The number of piperidine rings is 1. The summed E-state index contributed by atoms with van der Waals surface area (Å²) in [7, 11) is 0. The summed E-state index contributed by atoms with van der Waals surface area (Å²) in [5.74, 6) is 0.0814. The van der Waals surface area contributed by atoms with E-state index < -0.39 is 0 Å². The lowest BCUT2D eigenvalue weighted by molar-refractivity contribution is -0.143. The predicted octanol–water partition coefficient (Wildman–Crippen LogP) is 3.84. The van der Waals surface area contributed by atoms with E-state index in [1.165, 1.54) is 12.1 Å². The fourth-order valence-corrected chi connectivity index (χ4v) is 3.86. The van der Waals surface area contributed by atoms with Crippen LogP contribution in [0.25, 0.3) is 0 Å². The standard InChI is InChI=1S/C23H27FN2O3/c1-3-26-21(27)14-13-20(22(26)17-7-11-19(12-8-17)29-4-2)23(28)25-15-16-5-9-18(24)10-6-16/h5-12,20,22H,3-4,13-15H2,1-2H3,(H,25,28)/t20-,22+/m1/s1. The van der Waals surface area contributed by atoms with E-state index in [0.717, 1.165) is 16.9 Å². The normalized spacial score (nSPS) is 19.1. The van der Waals surface area contributed by atoms with Crippen LogP contribution in [-0.2, 0) is 16.1 Å². The molecule has 2 aromatic carbocycles. The molecule has 2 amide bonds. The van der Waals surface area contributed by atoms with Gasteiger partial charge in [-0.15, -0.1) is 0 Å². The summed E-state index contributed by atoms with van der Waals surface area (Å²) in [5, 5.41) is 2.95. The summed E-state index contributed by atoms with van der Waals surface area (Å²) in [6, 6.07) is 13.4. The Morgan fingerprint density at radius 3 is 2.45 bits per heavy atom. The number of likely N-dealkylation sites (tertiary alicyclic amines) is 1. The van der Waals surface area contributed by atoms with Crippen LogP contribution in [0, 0.1) is 11.7 Å². The van der Waals surface area contributed by atoms with E-state index in [4.69, 9.17) is 4.74 Å². The number of carbonyl (C=O) groups is 2. The number of benzene rings is 2. The van der Waals surface area contributed by atoms with Crippen molar-refractivity contribution >= 4 is 11.8 Å². The number of nitrogens with zero attached hydrogens (tertiary/aromatic N) is 1. The molecule has 1 aliphatic rings. The van der Waals surface area contributed by atoms with Gasteiger partial charge < -0.3 is 15.0 Å². The van der Waals surface area contributed by atoms with Crippen LogP contribution in [0.3, 0.4) is 0 Å². The average Bonchev–Trinajstić information content (AvgIpc) is 2.73. The van der Waals surface area contributed by atoms with Gasteiger partial charge in [-0.1, -0.05) is 24.3 Å². The third-order valence-corrected chi connectivity index (χ3v) is 5.30. The summed E-state index contributed by atoms with van der Waals surface area (Å²) in [6.07, 6.45) is 0.860. The van der Waals surface area contributed by atoms with Gasteiger partial charge in [0.25, 0.3) is 0 Å². The molecule has 154 valence electrons. The van der Waals surface area contributed by atoms with Crippen molar-refractivity contribution in [2.24, 2.45) is 5.92 Å². The molecule has 1 heterocycles. The van der Waals surface area contributed by atoms with Crippen molar-refractivity contribution in [2.45, 2.75) is 39.3 Å². The molecule has 0 unspecified atom stereocenters. The van der Waals surface area contributed by atoms with Crippen LogP contribution >= 0.6 is 0 Å². The number of amides is 2. The number of ether oxygens (including phenoxy) is 1. The Labute approximate surface area is 170 Å². The van der Waals surface area contributed by atoms with Crippen molar-refractivity contribution in [3.8, 4) is 5.75 Å². The number of nitrogens with one attached hydrogen (secondary N) is 1. The highest BCUT2D eigenvalue weighted by molar-refractivity contribution is 5.85. The first kappa shape index (κ1) is 20.8. The number of hydrogen-bond acceptors (Lipinski definition) is 3. The Morgan fingerprint density at radius 1 is 1.14 bits per heavy atom. The van der Waals surface area contributed by atoms with Gasteiger partial charge in [-0.3, -0.25) is 9.59 Å². The quantitative estimate of drug-likeness (QED) is 0.771. The van der Waals surface area contributed by atoms with E-state index in [2.05, 4.69) is 5.32 Å². The van der Waals surface area contributed by atoms with Gasteiger partial charge >= 0.3 is 0 Å². The molecule has 0 bridgehead atoms. The number of halogens is 1. The Hall–Kier alpha value is -2.89.